The number of carbonyl (C=O) groups is 1. The molecule has 0 saturated heterocycles. The number of carbonyl (C=O) groups excluding carboxylic acids is 1. The van der Waals surface area contributed by atoms with Crippen LogP contribution in [0.25, 0.3) is 0 Å². The molecule has 0 unspecified atom stereocenters. The van der Waals surface area contributed by atoms with Gasteiger partial charge in [-0.25, -0.2) is 13.1 Å². The van der Waals surface area contributed by atoms with Gasteiger partial charge >= 0.3 is 0 Å². The Morgan fingerprint density at radius 1 is 1.03 bits per heavy atom. The fourth-order valence-electron chi connectivity index (χ4n) is 4.42. The quantitative estimate of drug-likeness (QED) is 0.584. The van der Waals surface area contributed by atoms with Crippen LogP contribution in [0.15, 0.2) is 47.4 Å². The van der Waals surface area contributed by atoms with Crippen LogP contribution in [0.2, 0.25) is 0 Å². The van der Waals surface area contributed by atoms with E-state index in [0.717, 1.165) is 44.1 Å². The van der Waals surface area contributed by atoms with Crippen LogP contribution in [0, 0.1) is 0 Å². The topological polar surface area (TPSA) is 93.7 Å². The number of hydrogen-bond acceptors (Lipinski definition) is 5. The van der Waals surface area contributed by atoms with E-state index in [4.69, 9.17) is 9.47 Å². The molecule has 4 rings (SSSR count). The molecule has 2 aromatic carbocycles. The Hall–Kier alpha value is -2.58. The van der Waals surface area contributed by atoms with Gasteiger partial charge < -0.3 is 14.8 Å². The van der Waals surface area contributed by atoms with Crippen molar-refractivity contribution in [1.82, 2.24) is 4.72 Å². The first-order valence-electron chi connectivity index (χ1n) is 11.3. The van der Waals surface area contributed by atoms with Crippen molar-refractivity contribution in [2.45, 2.75) is 55.8 Å². The van der Waals surface area contributed by atoms with E-state index in [1.807, 2.05) is 25.1 Å². The Bertz CT molecular complexity index is 1080. The molecule has 1 amide bonds. The summed E-state index contributed by atoms with van der Waals surface area (Å²) in [6.07, 6.45) is 5.05. The molecule has 0 atom stereocenters. The number of unbranched alkanes of at least 4 members (excludes halogenated alkanes) is 1. The van der Waals surface area contributed by atoms with Gasteiger partial charge in [-0.3, -0.25) is 4.79 Å². The highest BCUT2D eigenvalue weighted by atomic mass is 32.2. The van der Waals surface area contributed by atoms with Gasteiger partial charge in [0.1, 0.15) is 13.2 Å². The second-order valence-corrected chi connectivity index (χ2v) is 10.1. The van der Waals surface area contributed by atoms with Crippen molar-refractivity contribution in [2.75, 3.05) is 25.1 Å². The molecule has 32 heavy (non-hydrogen) atoms. The Morgan fingerprint density at radius 3 is 2.53 bits per heavy atom. The minimum atomic E-state index is -3.62. The third kappa shape index (κ3) is 4.61. The summed E-state index contributed by atoms with van der Waals surface area (Å²) >= 11 is 0. The smallest absolute Gasteiger partial charge is 0.240 e. The van der Waals surface area contributed by atoms with Crippen LogP contribution < -0.4 is 19.5 Å². The lowest BCUT2D eigenvalue weighted by molar-refractivity contribution is -0.121. The normalized spacial score (nSPS) is 17.2. The van der Waals surface area contributed by atoms with Crippen LogP contribution in [-0.2, 0) is 20.2 Å². The number of ether oxygens (including phenoxy) is 2. The SMILES string of the molecule is CCCCNS(=O)(=O)c1cccc(NC(=O)C2(c3ccc4c(c3)OCCO4)CCCC2)c1. The van der Waals surface area contributed by atoms with Gasteiger partial charge in [0.05, 0.1) is 10.3 Å². The standard InChI is InChI=1S/C24H30N2O5S/c1-2-3-13-25-32(28,29)20-8-6-7-19(17-20)26-23(27)24(11-4-5-12-24)18-9-10-21-22(16-18)31-15-14-30-21/h6-10,16-17,25H,2-5,11-15H2,1H3,(H,26,27). The minimum Gasteiger partial charge on any atom is -0.486 e. The Morgan fingerprint density at radius 2 is 1.78 bits per heavy atom. The highest BCUT2D eigenvalue weighted by molar-refractivity contribution is 7.89. The largest absolute Gasteiger partial charge is 0.486 e. The van der Waals surface area contributed by atoms with E-state index in [1.54, 1.807) is 12.1 Å². The number of nitrogens with one attached hydrogen (secondary N) is 2. The maximum atomic E-state index is 13.5. The first-order valence-corrected chi connectivity index (χ1v) is 12.7. The van der Waals surface area contributed by atoms with Gasteiger partial charge in [-0.05, 0) is 55.2 Å². The predicted octanol–water partition coefficient (Wildman–Crippen LogP) is 3.99. The van der Waals surface area contributed by atoms with E-state index in [9.17, 15) is 13.2 Å². The zero-order valence-corrected chi connectivity index (χ0v) is 19.2. The average Bonchev–Trinajstić information content (AvgIpc) is 3.30. The summed E-state index contributed by atoms with van der Waals surface area (Å²) in [5, 5.41) is 2.98. The van der Waals surface area contributed by atoms with E-state index in [0.29, 0.717) is 36.9 Å². The molecule has 0 bridgehead atoms. The second-order valence-electron chi connectivity index (χ2n) is 8.38. The fraction of sp³-hybridized carbons (Fsp3) is 0.458. The molecule has 0 spiro atoms. The highest BCUT2D eigenvalue weighted by Crippen LogP contribution is 2.45. The lowest BCUT2D eigenvalue weighted by Gasteiger charge is -2.30. The van der Waals surface area contributed by atoms with E-state index < -0.39 is 15.4 Å². The molecule has 2 aliphatic rings. The van der Waals surface area contributed by atoms with Crippen molar-refractivity contribution in [1.29, 1.82) is 0 Å². The van der Waals surface area contributed by atoms with Crippen molar-refractivity contribution in [3.05, 3.63) is 48.0 Å². The van der Waals surface area contributed by atoms with Crippen LogP contribution in [0.1, 0.15) is 51.0 Å². The monoisotopic (exact) mass is 458 g/mol. The lowest BCUT2D eigenvalue weighted by Crippen LogP contribution is -2.38. The summed E-state index contributed by atoms with van der Waals surface area (Å²) in [5.74, 6) is 1.24. The molecule has 1 heterocycles. The van der Waals surface area contributed by atoms with Crippen LogP contribution in [0.5, 0.6) is 11.5 Å². The van der Waals surface area contributed by atoms with Gasteiger partial charge in [-0.1, -0.05) is 38.3 Å². The van der Waals surface area contributed by atoms with E-state index in [1.165, 1.54) is 12.1 Å². The van der Waals surface area contributed by atoms with Gasteiger partial charge in [0.2, 0.25) is 15.9 Å². The van der Waals surface area contributed by atoms with Crippen molar-refractivity contribution in [3.63, 3.8) is 0 Å². The summed E-state index contributed by atoms with van der Waals surface area (Å²) in [5.41, 5.74) is 0.698. The number of amides is 1. The number of sulfonamides is 1. The van der Waals surface area contributed by atoms with Gasteiger partial charge in [0, 0.05) is 12.2 Å². The summed E-state index contributed by atoms with van der Waals surface area (Å²) in [6, 6.07) is 12.1. The summed E-state index contributed by atoms with van der Waals surface area (Å²) in [7, 11) is -3.62. The molecule has 1 aliphatic heterocycles. The van der Waals surface area contributed by atoms with Gasteiger partial charge in [0.25, 0.3) is 0 Å². The maximum absolute atomic E-state index is 13.5. The number of benzene rings is 2. The zero-order valence-electron chi connectivity index (χ0n) is 18.4. The summed E-state index contributed by atoms with van der Waals surface area (Å²) in [6.45, 7) is 3.40. The van der Waals surface area contributed by atoms with Gasteiger partial charge in [0.15, 0.2) is 11.5 Å². The molecular weight excluding hydrogens is 428 g/mol. The molecular formula is C24H30N2O5S. The van der Waals surface area contributed by atoms with Crippen molar-refractivity contribution >= 4 is 21.6 Å². The van der Waals surface area contributed by atoms with Crippen LogP contribution in [-0.4, -0.2) is 34.1 Å². The third-order valence-corrected chi connectivity index (χ3v) is 7.67. The Balaban J connectivity index is 1.57. The number of rotatable bonds is 8. The molecule has 2 aromatic rings. The minimum absolute atomic E-state index is 0.125. The van der Waals surface area contributed by atoms with Crippen LogP contribution in [0.3, 0.4) is 0 Å². The lowest BCUT2D eigenvalue weighted by atomic mass is 9.77. The number of hydrogen-bond donors (Lipinski definition) is 2. The average molecular weight is 459 g/mol. The predicted molar refractivity (Wildman–Crippen MR) is 123 cm³/mol. The summed E-state index contributed by atoms with van der Waals surface area (Å²) < 4.78 is 39.1. The summed E-state index contributed by atoms with van der Waals surface area (Å²) in [4.78, 5) is 13.7. The number of fused-ring (bicyclic) bond motifs is 1. The molecule has 0 aromatic heterocycles. The fourth-order valence-corrected chi connectivity index (χ4v) is 5.54. The third-order valence-electron chi connectivity index (χ3n) is 6.21. The zero-order chi connectivity index (χ0) is 22.6. The first kappa shape index (κ1) is 22.6. The van der Waals surface area contributed by atoms with Crippen LogP contribution >= 0.6 is 0 Å². The molecule has 1 saturated carbocycles. The van der Waals surface area contributed by atoms with E-state index in [-0.39, 0.29) is 10.8 Å². The van der Waals surface area contributed by atoms with Crippen molar-refractivity contribution in [2.24, 2.45) is 0 Å². The Labute approximate surface area is 189 Å². The molecule has 0 radical (unpaired) electrons. The molecule has 2 N–H and O–H groups in total. The maximum Gasteiger partial charge on any atom is 0.240 e. The molecule has 1 aliphatic carbocycles. The van der Waals surface area contributed by atoms with E-state index >= 15 is 0 Å². The van der Waals surface area contributed by atoms with Gasteiger partial charge in [-0.2, -0.15) is 0 Å². The second kappa shape index (κ2) is 9.50. The van der Waals surface area contributed by atoms with E-state index in [2.05, 4.69) is 10.0 Å². The first-order chi connectivity index (χ1) is 15.4. The molecule has 1 fully saturated rings. The molecule has 8 heteroatoms. The van der Waals surface area contributed by atoms with Crippen molar-refractivity contribution in [3.8, 4) is 11.5 Å². The number of anilines is 1. The van der Waals surface area contributed by atoms with Crippen molar-refractivity contribution < 1.29 is 22.7 Å². The van der Waals surface area contributed by atoms with Gasteiger partial charge in [-0.15, -0.1) is 0 Å². The Kier molecular flexibility index (Phi) is 6.71. The molecule has 7 nitrogen and oxygen atoms in total. The highest BCUT2D eigenvalue weighted by Gasteiger charge is 2.43. The molecule has 172 valence electrons. The van der Waals surface area contributed by atoms with Crippen LogP contribution in [0.4, 0.5) is 5.69 Å².